The van der Waals surface area contributed by atoms with Crippen LogP contribution in [0, 0.1) is 0 Å². The average Bonchev–Trinajstić information content (AvgIpc) is 3.14. The number of rotatable bonds is 5. The molecule has 0 radical (unpaired) electrons. The number of nitrogens with zero attached hydrogens (tertiary/aromatic N) is 4. The lowest BCUT2D eigenvalue weighted by Crippen LogP contribution is -1.85. The van der Waals surface area contributed by atoms with E-state index in [1.807, 2.05) is 25.2 Å². The van der Waals surface area contributed by atoms with Gasteiger partial charge in [-0.05, 0) is 12.1 Å². The van der Waals surface area contributed by atoms with Gasteiger partial charge in [-0.3, -0.25) is 0 Å². The molecule has 0 aliphatic heterocycles. The summed E-state index contributed by atoms with van der Waals surface area (Å²) in [5, 5.41) is 16.3. The molecule has 0 unspecified atom stereocenters. The number of aromatic nitrogens is 4. The van der Waals surface area contributed by atoms with Crippen molar-refractivity contribution < 1.29 is 4.52 Å². The van der Waals surface area contributed by atoms with E-state index < -0.39 is 0 Å². The smallest absolute Gasteiger partial charge is 0.259 e. The van der Waals surface area contributed by atoms with Gasteiger partial charge in [0, 0.05) is 7.05 Å². The lowest BCUT2D eigenvalue weighted by Gasteiger charge is -1.95. The highest BCUT2D eigenvalue weighted by Crippen LogP contribution is 2.29. The maximum Gasteiger partial charge on any atom is 0.259 e. The molecule has 0 saturated carbocycles. The van der Waals surface area contributed by atoms with Gasteiger partial charge in [0.1, 0.15) is 0 Å². The maximum absolute atomic E-state index is 6.10. The molecule has 0 bridgehead atoms. The Morgan fingerprint density at radius 1 is 1.33 bits per heavy atom. The Hall–Kier alpha value is -1.64. The molecule has 0 atom stereocenters. The lowest BCUT2D eigenvalue weighted by molar-refractivity contribution is 0.425. The maximum atomic E-state index is 6.10. The van der Waals surface area contributed by atoms with Crippen molar-refractivity contribution in [2.45, 2.75) is 10.1 Å². The molecule has 0 fully saturated rings. The van der Waals surface area contributed by atoms with Crippen LogP contribution < -0.4 is 5.32 Å². The molecule has 1 aromatic carbocycles. The van der Waals surface area contributed by atoms with Crippen LogP contribution in [0.5, 0.6) is 0 Å². The summed E-state index contributed by atoms with van der Waals surface area (Å²) in [4.78, 5) is 4.34. The van der Waals surface area contributed by atoms with Crippen molar-refractivity contribution in [3.63, 3.8) is 0 Å². The van der Waals surface area contributed by atoms with E-state index in [1.165, 1.54) is 23.1 Å². The van der Waals surface area contributed by atoms with Gasteiger partial charge >= 0.3 is 0 Å². The van der Waals surface area contributed by atoms with Crippen LogP contribution in [0.3, 0.4) is 0 Å². The molecular formula is C12H10ClN5OS2. The van der Waals surface area contributed by atoms with Crippen LogP contribution in [-0.4, -0.2) is 27.4 Å². The number of hydrogen-bond donors (Lipinski definition) is 1. The van der Waals surface area contributed by atoms with Crippen molar-refractivity contribution >= 4 is 39.8 Å². The Labute approximate surface area is 133 Å². The van der Waals surface area contributed by atoms with Crippen LogP contribution in [0.4, 0.5) is 5.13 Å². The van der Waals surface area contributed by atoms with Gasteiger partial charge in [0.2, 0.25) is 5.13 Å². The molecule has 2 aromatic heterocycles. The largest absolute Gasteiger partial charge is 0.363 e. The molecule has 0 aliphatic rings. The third-order valence-electron chi connectivity index (χ3n) is 2.52. The van der Waals surface area contributed by atoms with E-state index in [1.54, 1.807) is 6.07 Å². The highest BCUT2D eigenvalue weighted by molar-refractivity contribution is 8.00. The minimum atomic E-state index is 0.421. The molecule has 0 saturated heterocycles. The summed E-state index contributed by atoms with van der Waals surface area (Å²) in [7, 11) is 1.81. The van der Waals surface area contributed by atoms with Crippen LogP contribution in [0.2, 0.25) is 5.02 Å². The van der Waals surface area contributed by atoms with Gasteiger partial charge in [-0.1, -0.05) is 52.0 Å². The Balaban J connectivity index is 1.69. The first-order chi connectivity index (χ1) is 10.3. The minimum Gasteiger partial charge on any atom is -0.363 e. The molecule has 6 nitrogen and oxygen atoms in total. The number of hydrogen-bond acceptors (Lipinski definition) is 8. The van der Waals surface area contributed by atoms with Crippen LogP contribution in [0.15, 0.2) is 33.1 Å². The summed E-state index contributed by atoms with van der Waals surface area (Å²) in [6.07, 6.45) is 0. The average molecular weight is 340 g/mol. The monoisotopic (exact) mass is 339 g/mol. The fourth-order valence-electron chi connectivity index (χ4n) is 1.55. The fourth-order valence-corrected chi connectivity index (χ4v) is 3.32. The first-order valence-corrected chi connectivity index (χ1v) is 8.16. The highest BCUT2D eigenvalue weighted by Gasteiger charge is 2.12. The summed E-state index contributed by atoms with van der Waals surface area (Å²) < 4.78 is 6.09. The summed E-state index contributed by atoms with van der Waals surface area (Å²) in [5.74, 6) is 1.58. The van der Waals surface area contributed by atoms with Crippen molar-refractivity contribution in [3.05, 3.63) is 35.1 Å². The van der Waals surface area contributed by atoms with Crippen LogP contribution in [0.1, 0.15) is 5.82 Å². The van der Waals surface area contributed by atoms with E-state index in [-0.39, 0.29) is 0 Å². The third-order valence-corrected chi connectivity index (χ3v) is 4.92. The summed E-state index contributed by atoms with van der Waals surface area (Å²) >= 11 is 9.09. The standard InChI is InChI=1S/C12H10ClN5OS2/c1-14-11-16-17-12(21-11)20-6-9-15-10(19-18-9)7-4-2-3-5-8(7)13/h2-5H,6H2,1H3,(H,14,16). The van der Waals surface area contributed by atoms with Crippen molar-refractivity contribution in [2.75, 3.05) is 12.4 Å². The van der Waals surface area contributed by atoms with Gasteiger partial charge in [-0.2, -0.15) is 4.98 Å². The molecule has 21 heavy (non-hydrogen) atoms. The predicted molar refractivity (Wildman–Crippen MR) is 83.8 cm³/mol. The van der Waals surface area contributed by atoms with E-state index in [0.29, 0.717) is 22.5 Å². The van der Waals surface area contributed by atoms with E-state index in [9.17, 15) is 0 Å². The molecule has 0 spiro atoms. The number of halogens is 1. The van der Waals surface area contributed by atoms with Gasteiger partial charge in [0.05, 0.1) is 16.3 Å². The quantitative estimate of drug-likeness (QED) is 0.712. The van der Waals surface area contributed by atoms with Gasteiger partial charge in [0.25, 0.3) is 5.89 Å². The second kappa shape index (κ2) is 6.42. The van der Waals surface area contributed by atoms with Crippen molar-refractivity contribution in [1.82, 2.24) is 20.3 Å². The highest BCUT2D eigenvalue weighted by atomic mass is 35.5. The van der Waals surface area contributed by atoms with Crippen LogP contribution >= 0.6 is 34.7 Å². The second-order valence-corrected chi connectivity index (χ2v) is 6.51. The molecule has 3 aromatic rings. The molecule has 0 aliphatic carbocycles. The molecule has 108 valence electrons. The van der Waals surface area contributed by atoms with Gasteiger partial charge in [-0.15, -0.1) is 10.2 Å². The number of anilines is 1. The Morgan fingerprint density at radius 2 is 2.19 bits per heavy atom. The third kappa shape index (κ3) is 3.34. The summed E-state index contributed by atoms with van der Waals surface area (Å²) in [5.41, 5.74) is 0.733. The lowest BCUT2D eigenvalue weighted by atomic mass is 10.2. The first-order valence-electron chi connectivity index (χ1n) is 5.98. The van der Waals surface area contributed by atoms with Crippen molar-refractivity contribution in [2.24, 2.45) is 0 Å². The Bertz CT molecular complexity index is 745. The second-order valence-electron chi connectivity index (χ2n) is 3.91. The zero-order valence-electron chi connectivity index (χ0n) is 10.9. The van der Waals surface area contributed by atoms with E-state index in [2.05, 4.69) is 25.7 Å². The molecule has 2 heterocycles. The fraction of sp³-hybridized carbons (Fsp3) is 0.167. The van der Waals surface area contributed by atoms with E-state index in [4.69, 9.17) is 16.1 Å². The van der Waals surface area contributed by atoms with Crippen LogP contribution in [0.25, 0.3) is 11.5 Å². The van der Waals surface area contributed by atoms with E-state index in [0.717, 1.165) is 15.0 Å². The molecule has 1 N–H and O–H groups in total. The zero-order chi connectivity index (χ0) is 14.7. The Morgan fingerprint density at radius 3 is 2.95 bits per heavy atom. The first kappa shape index (κ1) is 14.3. The van der Waals surface area contributed by atoms with Crippen molar-refractivity contribution in [3.8, 4) is 11.5 Å². The van der Waals surface area contributed by atoms with Gasteiger partial charge in [-0.25, -0.2) is 0 Å². The van der Waals surface area contributed by atoms with Crippen molar-refractivity contribution in [1.29, 1.82) is 0 Å². The minimum absolute atomic E-state index is 0.421. The molecule has 3 rings (SSSR count). The van der Waals surface area contributed by atoms with E-state index >= 15 is 0 Å². The number of thioether (sulfide) groups is 1. The Kier molecular flexibility index (Phi) is 4.37. The normalized spacial score (nSPS) is 10.8. The summed E-state index contributed by atoms with van der Waals surface area (Å²) in [6.45, 7) is 0. The topological polar surface area (TPSA) is 76.7 Å². The molecule has 9 heteroatoms. The van der Waals surface area contributed by atoms with Gasteiger partial charge in [0.15, 0.2) is 10.2 Å². The van der Waals surface area contributed by atoms with Crippen LogP contribution in [-0.2, 0) is 5.75 Å². The SMILES string of the molecule is CNc1nnc(SCc2noc(-c3ccccc3Cl)n2)s1. The number of benzene rings is 1. The summed E-state index contributed by atoms with van der Waals surface area (Å²) in [6, 6.07) is 7.36. The predicted octanol–water partition coefficient (Wildman–Crippen LogP) is 3.58. The molecular weight excluding hydrogens is 330 g/mol. The molecule has 0 amide bonds. The number of nitrogens with one attached hydrogen (secondary N) is 1. The van der Waals surface area contributed by atoms with Gasteiger partial charge < -0.3 is 9.84 Å². The zero-order valence-corrected chi connectivity index (χ0v) is 13.3.